The third kappa shape index (κ3) is 5.37. The Balaban J connectivity index is 2.38. The fourth-order valence-corrected chi connectivity index (χ4v) is 1.91. The van der Waals surface area contributed by atoms with Gasteiger partial charge in [-0.2, -0.15) is 0 Å². The van der Waals surface area contributed by atoms with E-state index < -0.39 is 5.60 Å². The summed E-state index contributed by atoms with van der Waals surface area (Å²) in [5, 5.41) is 7.23. The van der Waals surface area contributed by atoms with Crippen LogP contribution >= 0.6 is 0 Å². The van der Waals surface area contributed by atoms with Gasteiger partial charge in [-0.1, -0.05) is 0 Å². The molecule has 0 radical (unpaired) electrons. The number of carbonyl (C=O) groups excluding carboxylic acids is 1. The van der Waals surface area contributed by atoms with Gasteiger partial charge in [-0.05, 0) is 33.6 Å². The minimum absolute atomic E-state index is 0.181. The topological polar surface area (TPSA) is 44.8 Å². The standard InChI is InChI=1S/C12H25N3O2/c1-12(2,3)17-11(16)13-10-7-6-8-15(9-10)14(4)5/h10H,6-9H2,1-5H3,(H,13,16)/t10-/m0/s1. The van der Waals surface area contributed by atoms with Crippen molar-refractivity contribution in [1.29, 1.82) is 0 Å². The monoisotopic (exact) mass is 243 g/mol. The first-order chi connectivity index (χ1) is 7.78. The van der Waals surface area contributed by atoms with E-state index in [1.54, 1.807) is 0 Å². The number of hydrogen-bond acceptors (Lipinski definition) is 4. The quantitative estimate of drug-likeness (QED) is 0.797. The summed E-state index contributed by atoms with van der Waals surface area (Å²) in [4.78, 5) is 11.6. The van der Waals surface area contributed by atoms with E-state index in [2.05, 4.69) is 15.3 Å². The largest absolute Gasteiger partial charge is 0.444 e. The van der Waals surface area contributed by atoms with Crippen molar-refractivity contribution in [2.75, 3.05) is 27.2 Å². The highest BCUT2D eigenvalue weighted by Gasteiger charge is 2.24. The van der Waals surface area contributed by atoms with Crippen LogP contribution in [0.4, 0.5) is 4.79 Å². The fourth-order valence-electron chi connectivity index (χ4n) is 1.91. The zero-order valence-corrected chi connectivity index (χ0v) is 11.6. The van der Waals surface area contributed by atoms with Crippen LogP contribution in [0.15, 0.2) is 0 Å². The summed E-state index contributed by atoms with van der Waals surface area (Å²) in [5.74, 6) is 0. The number of hydrazine groups is 1. The van der Waals surface area contributed by atoms with Crippen LogP contribution in [0.3, 0.4) is 0 Å². The Labute approximate surface area is 104 Å². The van der Waals surface area contributed by atoms with Crippen molar-refractivity contribution in [3.8, 4) is 0 Å². The number of amides is 1. The molecule has 1 aliphatic rings. The van der Waals surface area contributed by atoms with Gasteiger partial charge in [0.2, 0.25) is 0 Å². The lowest BCUT2D eigenvalue weighted by molar-refractivity contribution is -0.00803. The lowest BCUT2D eigenvalue weighted by Gasteiger charge is -2.37. The minimum atomic E-state index is -0.431. The number of ether oxygens (including phenoxy) is 1. The van der Waals surface area contributed by atoms with Gasteiger partial charge in [0.15, 0.2) is 0 Å². The third-order valence-corrected chi connectivity index (χ3v) is 2.69. The predicted octanol–water partition coefficient (Wildman–Crippen LogP) is 1.45. The van der Waals surface area contributed by atoms with E-state index >= 15 is 0 Å². The summed E-state index contributed by atoms with van der Waals surface area (Å²) in [5.41, 5.74) is -0.431. The molecule has 1 rings (SSSR count). The van der Waals surface area contributed by atoms with E-state index in [4.69, 9.17) is 4.74 Å². The summed E-state index contributed by atoms with van der Waals surface area (Å²) in [7, 11) is 4.05. The third-order valence-electron chi connectivity index (χ3n) is 2.69. The Morgan fingerprint density at radius 3 is 2.59 bits per heavy atom. The van der Waals surface area contributed by atoms with Crippen LogP contribution in [0.5, 0.6) is 0 Å². The first-order valence-electron chi connectivity index (χ1n) is 6.19. The van der Waals surface area contributed by atoms with Crippen molar-refractivity contribution in [1.82, 2.24) is 15.3 Å². The second-order valence-corrected chi connectivity index (χ2v) is 5.75. The number of nitrogens with one attached hydrogen (secondary N) is 1. The maximum absolute atomic E-state index is 11.6. The zero-order chi connectivity index (χ0) is 13.1. The zero-order valence-electron chi connectivity index (χ0n) is 11.6. The smallest absolute Gasteiger partial charge is 0.407 e. The van der Waals surface area contributed by atoms with Crippen LogP contribution in [-0.2, 0) is 4.74 Å². The summed E-state index contributed by atoms with van der Waals surface area (Å²) < 4.78 is 5.25. The predicted molar refractivity (Wildman–Crippen MR) is 67.7 cm³/mol. The molecule has 0 aliphatic carbocycles. The Hall–Kier alpha value is -0.810. The van der Waals surface area contributed by atoms with Gasteiger partial charge < -0.3 is 10.1 Å². The average Bonchev–Trinajstić information content (AvgIpc) is 2.14. The van der Waals surface area contributed by atoms with Crippen LogP contribution in [0, 0.1) is 0 Å². The fraction of sp³-hybridized carbons (Fsp3) is 0.917. The van der Waals surface area contributed by atoms with E-state index in [9.17, 15) is 4.79 Å². The number of alkyl carbamates (subject to hydrolysis) is 1. The number of hydrogen-bond donors (Lipinski definition) is 1. The first-order valence-corrected chi connectivity index (χ1v) is 6.19. The first kappa shape index (κ1) is 14.3. The van der Waals surface area contributed by atoms with Crippen LogP contribution in [0.25, 0.3) is 0 Å². The molecule has 1 saturated heterocycles. The SMILES string of the molecule is CN(C)N1CCC[C@H](NC(=O)OC(C)(C)C)C1. The molecular formula is C12H25N3O2. The summed E-state index contributed by atoms with van der Waals surface area (Å²) in [6.07, 6.45) is 1.80. The molecule has 0 saturated carbocycles. The van der Waals surface area contributed by atoms with E-state index in [1.807, 2.05) is 34.9 Å². The molecule has 1 amide bonds. The van der Waals surface area contributed by atoms with Crippen molar-refractivity contribution in [2.45, 2.75) is 45.3 Å². The average molecular weight is 243 g/mol. The molecule has 1 N–H and O–H groups in total. The van der Waals surface area contributed by atoms with Gasteiger partial charge in [0.25, 0.3) is 0 Å². The molecule has 1 fully saturated rings. The van der Waals surface area contributed by atoms with Crippen LogP contribution < -0.4 is 5.32 Å². The maximum atomic E-state index is 11.6. The summed E-state index contributed by atoms with van der Waals surface area (Å²) in [6.45, 7) is 7.53. The molecule has 1 atom stereocenters. The van der Waals surface area contributed by atoms with Gasteiger partial charge >= 0.3 is 6.09 Å². The second-order valence-electron chi connectivity index (χ2n) is 5.75. The molecule has 0 aromatic heterocycles. The molecule has 100 valence electrons. The number of nitrogens with zero attached hydrogens (tertiary/aromatic N) is 2. The van der Waals surface area contributed by atoms with Crippen molar-refractivity contribution >= 4 is 6.09 Å². The van der Waals surface area contributed by atoms with E-state index in [1.165, 1.54) is 0 Å². The molecule has 1 heterocycles. The molecule has 0 bridgehead atoms. The molecule has 1 aliphatic heterocycles. The Kier molecular flexibility index (Phi) is 4.77. The second kappa shape index (κ2) is 5.69. The molecule has 17 heavy (non-hydrogen) atoms. The van der Waals surface area contributed by atoms with Crippen molar-refractivity contribution in [3.05, 3.63) is 0 Å². The molecule has 5 nitrogen and oxygen atoms in total. The van der Waals surface area contributed by atoms with Gasteiger partial charge in [-0.25, -0.2) is 14.8 Å². The summed E-state index contributed by atoms with van der Waals surface area (Å²) in [6, 6.07) is 0.181. The van der Waals surface area contributed by atoms with Crippen LogP contribution in [0.2, 0.25) is 0 Å². The number of piperidine rings is 1. The van der Waals surface area contributed by atoms with Gasteiger partial charge in [-0.15, -0.1) is 0 Å². The van der Waals surface area contributed by atoms with Crippen molar-refractivity contribution < 1.29 is 9.53 Å². The number of rotatable bonds is 2. The number of carbonyl (C=O) groups is 1. The van der Waals surface area contributed by atoms with Gasteiger partial charge in [0.1, 0.15) is 5.60 Å². The summed E-state index contributed by atoms with van der Waals surface area (Å²) >= 11 is 0. The van der Waals surface area contributed by atoms with Gasteiger partial charge in [-0.3, -0.25) is 0 Å². The molecular weight excluding hydrogens is 218 g/mol. The van der Waals surface area contributed by atoms with E-state index in [-0.39, 0.29) is 12.1 Å². The Morgan fingerprint density at radius 2 is 2.06 bits per heavy atom. The van der Waals surface area contributed by atoms with Crippen LogP contribution in [0.1, 0.15) is 33.6 Å². The normalized spacial score (nSPS) is 22.6. The minimum Gasteiger partial charge on any atom is -0.444 e. The Bertz CT molecular complexity index is 261. The lowest BCUT2D eigenvalue weighted by atomic mass is 10.1. The molecule has 0 aromatic rings. The van der Waals surface area contributed by atoms with Gasteiger partial charge in [0, 0.05) is 33.2 Å². The highest BCUT2D eigenvalue weighted by atomic mass is 16.6. The Morgan fingerprint density at radius 1 is 1.41 bits per heavy atom. The highest BCUT2D eigenvalue weighted by Crippen LogP contribution is 2.12. The molecule has 0 aromatic carbocycles. The lowest BCUT2D eigenvalue weighted by Crippen LogP contribution is -2.52. The maximum Gasteiger partial charge on any atom is 0.407 e. The van der Waals surface area contributed by atoms with E-state index in [0.29, 0.717) is 0 Å². The molecule has 0 spiro atoms. The van der Waals surface area contributed by atoms with Crippen molar-refractivity contribution in [3.63, 3.8) is 0 Å². The van der Waals surface area contributed by atoms with Crippen LogP contribution in [-0.4, -0.2) is 54.9 Å². The van der Waals surface area contributed by atoms with E-state index in [0.717, 1.165) is 25.9 Å². The highest BCUT2D eigenvalue weighted by molar-refractivity contribution is 5.68. The van der Waals surface area contributed by atoms with Gasteiger partial charge in [0.05, 0.1) is 0 Å². The molecule has 0 unspecified atom stereocenters. The van der Waals surface area contributed by atoms with Crippen molar-refractivity contribution in [2.24, 2.45) is 0 Å². The molecule has 5 heteroatoms.